The molecule has 0 radical (unpaired) electrons. The highest BCUT2D eigenvalue weighted by molar-refractivity contribution is 5.69. The quantitative estimate of drug-likeness (QED) is 0.274. The van der Waals surface area contributed by atoms with Crippen LogP contribution in [0.1, 0.15) is 32.3 Å². The molecule has 1 atom stereocenters. The molecule has 2 aromatic rings. The molecule has 0 aliphatic heterocycles. The van der Waals surface area contributed by atoms with Crippen molar-refractivity contribution in [3.8, 4) is 5.75 Å². The lowest BCUT2D eigenvalue weighted by Crippen LogP contribution is -2.33. The van der Waals surface area contributed by atoms with Gasteiger partial charge in [0.2, 0.25) is 0 Å². The van der Waals surface area contributed by atoms with E-state index >= 15 is 0 Å². The Labute approximate surface area is 160 Å². The van der Waals surface area contributed by atoms with Gasteiger partial charge in [0.05, 0.1) is 19.8 Å². The van der Waals surface area contributed by atoms with Crippen LogP contribution < -0.4 is 14.8 Å². The van der Waals surface area contributed by atoms with E-state index in [0.717, 1.165) is 28.9 Å². The summed E-state index contributed by atoms with van der Waals surface area (Å²) in [6.45, 7) is 5.56. The summed E-state index contributed by atoms with van der Waals surface area (Å²) in [5.74, 6) is 1.55. The third-order valence-electron chi connectivity index (χ3n) is 4.04. The Bertz CT molecular complexity index is 721. The highest BCUT2D eigenvalue weighted by atomic mass is 16.5. The van der Waals surface area contributed by atoms with E-state index in [1.807, 2.05) is 50.2 Å². The second kappa shape index (κ2) is 11.1. The second-order valence-corrected chi connectivity index (χ2v) is 6.53. The van der Waals surface area contributed by atoms with Gasteiger partial charge in [-0.05, 0) is 43.0 Å². The molecule has 0 bridgehead atoms. The molecule has 0 saturated heterocycles. The van der Waals surface area contributed by atoms with Crippen molar-refractivity contribution in [1.29, 1.82) is 0 Å². The average molecular weight is 373 g/mol. The fourth-order valence-corrected chi connectivity index (χ4v) is 2.79. The minimum atomic E-state index is -0.146. The summed E-state index contributed by atoms with van der Waals surface area (Å²) in [6, 6.07) is 13.4. The molecule has 146 valence electrons. The zero-order valence-electron chi connectivity index (χ0n) is 16.1. The van der Waals surface area contributed by atoms with Crippen LogP contribution in [0.3, 0.4) is 0 Å². The molecule has 0 saturated carbocycles. The number of anilines is 1. The second-order valence-electron chi connectivity index (χ2n) is 6.53. The molecule has 1 aromatic heterocycles. The summed E-state index contributed by atoms with van der Waals surface area (Å²) in [4.78, 5) is 11.6. The number of nitrogens with one attached hydrogen (secondary N) is 1. The molecule has 1 aromatic carbocycles. The van der Waals surface area contributed by atoms with Crippen LogP contribution in [-0.4, -0.2) is 30.9 Å². The van der Waals surface area contributed by atoms with Crippen LogP contribution in [0.4, 0.5) is 5.82 Å². The van der Waals surface area contributed by atoms with Crippen LogP contribution in [0.5, 0.6) is 5.75 Å². The maximum atomic E-state index is 11.6. The van der Waals surface area contributed by atoms with Crippen LogP contribution in [-0.2, 0) is 16.0 Å². The zero-order chi connectivity index (χ0) is 19.5. The largest absolute Gasteiger partial charge is 0.493 e. The van der Waals surface area contributed by atoms with Crippen LogP contribution >= 0.6 is 0 Å². The first kappa shape index (κ1) is 20.6. The molecule has 2 N–H and O–H groups in total. The van der Waals surface area contributed by atoms with E-state index in [4.69, 9.17) is 9.47 Å². The van der Waals surface area contributed by atoms with Gasteiger partial charge < -0.3 is 14.7 Å². The number of carbonyl (C=O) groups is 1. The summed E-state index contributed by atoms with van der Waals surface area (Å²) in [5, 5.41) is 12.8. The highest BCUT2D eigenvalue weighted by Crippen LogP contribution is 2.18. The van der Waals surface area contributed by atoms with Gasteiger partial charge in [0, 0.05) is 18.9 Å². The molecule has 1 heterocycles. The van der Waals surface area contributed by atoms with Gasteiger partial charge in [0.1, 0.15) is 11.9 Å². The first-order valence-corrected chi connectivity index (χ1v) is 9.39. The highest BCUT2D eigenvalue weighted by Gasteiger charge is 2.11. The van der Waals surface area contributed by atoms with Crippen LogP contribution in [0.2, 0.25) is 0 Å². The standard InChI is InChI=1S/C21H28N2O4/c1-3-26-21(24)15-17(2)14-18-8-6-9-19(16-18)27-13-7-11-22-20-10-4-5-12-23(20)25/h4-6,8-10,12,16-17,25H,3,7,11,13-15H2,1-2H3/p+1. The first-order valence-electron chi connectivity index (χ1n) is 9.39. The van der Waals surface area contributed by atoms with Gasteiger partial charge in [-0.2, -0.15) is 0 Å². The van der Waals surface area contributed by atoms with Crippen molar-refractivity contribution < 1.29 is 24.2 Å². The van der Waals surface area contributed by atoms with Gasteiger partial charge in [0.25, 0.3) is 0 Å². The molecule has 0 fully saturated rings. The van der Waals surface area contributed by atoms with E-state index in [-0.39, 0.29) is 11.9 Å². The Hall–Kier alpha value is -2.76. The summed E-state index contributed by atoms with van der Waals surface area (Å²) in [6.07, 6.45) is 3.61. The van der Waals surface area contributed by atoms with E-state index in [1.54, 1.807) is 12.3 Å². The Morgan fingerprint density at radius 3 is 2.89 bits per heavy atom. The summed E-state index contributed by atoms with van der Waals surface area (Å²) < 4.78 is 11.9. The number of aromatic nitrogens is 1. The third-order valence-corrected chi connectivity index (χ3v) is 4.04. The lowest BCUT2D eigenvalue weighted by molar-refractivity contribution is -0.893. The van der Waals surface area contributed by atoms with Crippen molar-refractivity contribution in [3.05, 3.63) is 54.2 Å². The maximum Gasteiger partial charge on any atom is 0.313 e. The Morgan fingerprint density at radius 2 is 2.11 bits per heavy atom. The Kier molecular flexibility index (Phi) is 8.42. The average Bonchev–Trinajstić information content (AvgIpc) is 2.63. The van der Waals surface area contributed by atoms with Gasteiger partial charge >= 0.3 is 11.8 Å². The van der Waals surface area contributed by atoms with E-state index < -0.39 is 0 Å². The predicted molar refractivity (Wildman–Crippen MR) is 103 cm³/mol. The van der Waals surface area contributed by atoms with Crippen LogP contribution in [0, 0.1) is 5.92 Å². The van der Waals surface area contributed by atoms with Gasteiger partial charge in [-0.1, -0.05) is 29.9 Å². The molecule has 0 spiro atoms. The number of rotatable bonds is 11. The molecule has 6 heteroatoms. The minimum Gasteiger partial charge on any atom is -0.493 e. The molecule has 2 rings (SSSR count). The molecule has 27 heavy (non-hydrogen) atoms. The van der Waals surface area contributed by atoms with Crippen LogP contribution in [0.25, 0.3) is 0 Å². The predicted octanol–water partition coefficient (Wildman–Crippen LogP) is 3.22. The summed E-state index contributed by atoms with van der Waals surface area (Å²) in [7, 11) is 0. The van der Waals surface area contributed by atoms with Crippen LogP contribution in [0.15, 0.2) is 48.7 Å². The van der Waals surface area contributed by atoms with E-state index in [9.17, 15) is 10.0 Å². The lowest BCUT2D eigenvalue weighted by Gasteiger charge is -2.12. The smallest absolute Gasteiger partial charge is 0.313 e. The SMILES string of the molecule is CCOC(=O)CC(C)Cc1cccc(OCCCNc2cccc[n+]2O)c1. The number of nitrogens with zero attached hydrogens (tertiary/aromatic N) is 1. The molecule has 0 aliphatic rings. The monoisotopic (exact) mass is 373 g/mol. The number of esters is 1. The summed E-state index contributed by atoms with van der Waals surface area (Å²) >= 11 is 0. The normalized spacial score (nSPS) is 11.6. The van der Waals surface area contributed by atoms with E-state index in [2.05, 4.69) is 5.32 Å². The Balaban J connectivity index is 1.72. The number of benzene rings is 1. The van der Waals surface area contributed by atoms with E-state index in [1.165, 1.54) is 0 Å². The number of pyridine rings is 1. The van der Waals surface area contributed by atoms with Crippen molar-refractivity contribution in [2.45, 2.75) is 33.1 Å². The number of ether oxygens (including phenoxy) is 2. The maximum absolute atomic E-state index is 11.6. The van der Waals surface area contributed by atoms with E-state index in [0.29, 0.717) is 32.0 Å². The van der Waals surface area contributed by atoms with Gasteiger partial charge in [0.15, 0.2) is 0 Å². The first-order chi connectivity index (χ1) is 13.1. The zero-order valence-corrected chi connectivity index (χ0v) is 16.1. The molecule has 6 nitrogen and oxygen atoms in total. The van der Waals surface area contributed by atoms with Crippen molar-refractivity contribution in [2.24, 2.45) is 5.92 Å². The van der Waals surface area contributed by atoms with Crippen molar-refractivity contribution in [2.75, 3.05) is 25.1 Å². The van der Waals surface area contributed by atoms with Crippen molar-refractivity contribution in [1.82, 2.24) is 0 Å². The fourth-order valence-electron chi connectivity index (χ4n) is 2.79. The number of hydrogen-bond donors (Lipinski definition) is 2. The van der Waals surface area contributed by atoms with Crippen molar-refractivity contribution in [3.63, 3.8) is 0 Å². The molecule has 1 unspecified atom stereocenters. The third kappa shape index (κ3) is 7.56. The van der Waals surface area contributed by atoms with Gasteiger partial charge in [-0.3, -0.25) is 10.1 Å². The molecular weight excluding hydrogens is 344 g/mol. The van der Waals surface area contributed by atoms with Gasteiger partial charge in [-0.15, -0.1) is 0 Å². The summed E-state index contributed by atoms with van der Waals surface area (Å²) in [5.41, 5.74) is 1.15. The molecular formula is C21H29N2O4+. The van der Waals surface area contributed by atoms with Crippen molar-refractivity contribution >= 4 is 11.8 Å². The fraction of sp³-hybridized carbons (Fsp3) is 0.429. The minimum absolute atomic E-state index is 0.146. The lowest BCUT2D eigenvalue weighted by atomic mass is 9.98. The molecule has 0 amide bonds. The number of carbonyl (C=O) groups excluding carboxylic acids is 1. The number of hydrogen-bond acceptors (Lipinski definition) is 5. The Morgan fingerprint density at radius 1 is 1.26 bits per heavy atom. The molecule has 0 aliphatic carbocycles. The van der Waals surface area contributed by atoms with Gasteiger partial charge in [-0.25, -0.2) is 0 Å². The topological polar surface area (TPSA) is 71.7 Å².